The van der Waals surface area contributed by atoms with E-state index in [1.165, 1.54) is 24.5 Å². The average Bonchev–Trinajstić information content (AvgIpc) is 2.69. The molecule has 0 bridgehead atoms. The SMILES string of the molecule is CN(C)S(=O)(=O)c1ccc(OCCN2CCN(c3ccccc3F)CC2)cc1. The molecule has 0 aliphatic carbocycles. The van der Waals surface area contributed by atoms with E-state index in [-0.39, 0.29) is 10.7 Å². The van der Waals surface area contributed by atoms with E-state index < -0.39 is 10.0 Å². The van der Waals surface area contributed by atoms with Crippen LogP contribution in [0.5, 0.6) is 5.75 Å². The number of anilines is 1. The Hall–Kier alpha value is -2.16. The van der Waals surface area contributed by atoms with E-state index >= 15 is 0 Å². The van der Waals surface area contributed by atoms with Crippen molar-refractivity contribution >= 4 is 15.7 Å². The van der Waals surface area contributed by atoms with Crippen molar-refractivity contribution in [1.82, 2.24) is 9.21 Å². The minimum absolute atomic E-state index is 0.181. The Balaban J connectivity index is 1.45. The molecular weight excluding hydrogens is 381 g/mol. The van der Waals surface area contributed by atoms with Crippen LogP contribution in [0.1, 0.15) is 0 Å². The molecule has 1 aliphatic rings. The van der Waals surface area contributed by atoms with Gasteiger partial charge in [-0.25, -0.2) is 17.1 Å². The Kier molecular flexibility index (Phi) is 6.53. The predicted octanol–water partition coefficient (Wildman–Crippen LogP) is 2.28. The van der Waals surface area contributed by atoms with Crippen LogP contribution < -0.4 is 9.64 Å². The van der Waals surface area contributed by atoms with E-state index in [0.29, 0.717) is 18.0 Å². The van der Waals surface area contributed by atoms with Gasteiger partial charge in [0.1, 0.15) is 18.2 Å². The standard InChI is InChI=1S/C20H26FN3O3S/c1-22(2)28(25,26)18-9-7-17(8-10-18)27-16-15-23-11-13-24(14-12-23)20-6-4-3-5-19(20)21/h3-10H,11-16H2,1-2H3. The molecule has 1 heterocycles. The van der Waals surface area contributed by atoms with E-state index in [9.17, 15) is 12.8 Å². The third kappa shape index (κ3) is 4.81. The number of ether oxygens (including phenoxy) is 1. The van der Waals surface area contributed by atoms with E-state index in [0.717, 1.165) is 32.7 Å². The maximum atomic E-state index is 13.9. The summed E-state index contributed by atoms with van der Waals surface area (Å²) in [6.45, 7) is 4.52. The molecule has 2 aromatic carbocycles. The van der Waals surface area contributed by atoms with Gasteiger partial charge < -0.3 is 9.64 Å². The van der Waals surface area contributed by atoms with Gasteiger partial charge in [0.2, 0.25) is 10.0 Å². The summed E-state index contributed by atoms with van der Waals surface area (Å²) in [5, 5.41) is 0. The van der Waals surface area contributed by atoms with E-state index in [4.69, 9.17) is 4.74 Å². The Morgan fingerprint density at radius 3 is 2.25 bits per heavy atom. The number of hydrogen-bond acceptors (Lipinski definition) is 5. The van der Waals surface area contributed by atoms with Crippen molar-refractivity contribution in [2.24, 2.45) is 0 Å². The first kappa shape index (κ1) is 20.6. The number of nitrogens with zero attached hydrogens (tertiary/aromatic N) is 3. The van der Waals surface area contributed by atoms with Crippen molar-refractivity contribution < 1.29 is 17.5 Å². The van der Waals surface area contributed by atoms with Crippen molar-refractivity contribution in [3.05, 3.63) is 54.3 Å². The van der Waals surface area contributed by atoms with Crippen LogP contribution in [0.3, 0.4) is 0 Å². The van der Waals surface area contributed by atoms with Gasteiger partial charge in [0.05, 0.1) is 10.6 Å². The highest BCUT2D eigenvalue weighted by molar-refractivity contribution is 7.89. The second-order valence-corrected chi connectivity index (χ2v) is 9.04. The summed E-state index contributed by atoms with van der Waals surface area (Å²) in [7, 11) is -0.413. The molecule has 152 valence electrons. The smallest absolute Gasteiger partial charge is 0.242 e. The fourth-order valence-electron chi connectivity index (χ4n) is 3.13. The molecule has 6 nitrogen and oxygen atoms in total. The lowest BCUT2D eigenvalue weighted by molar-refractivity contribution is 0.200. The van der Waals surface area contributed by atoms with Gasteiger partial charge in [-0.05, 0) is 36.4 Å². The second kappa shape index (κ2) is 8.89. The molecule has 28 heavy (non-hydrogen) atoms. The Labute approximate surface area is 166 Å². The zero-order chi connectivity index (χ0) is 20.1. The minimum Gasteiger partial charge on any atom is -0.492 e. The van der Waals surface area contributed by atoms with Crippen LogP contribution in [0.15, 0.2) is 53.4 Å². The van der Waals surface area contributed by atoms with Gasteiger partial charge in [-0.2, -0.15) is 0 Å². The summed E-state index contributed by atoms with van der Waals surface area (Å²) in [4.78, 5) is 4.59. The maximum absolute atomic E-state index is 13.9. The molecule has 0 spiro atoms. The van der Waals surface area contributed by atoms with Crippen molar-refractivity contribution in [1.29, 1.82) is 0 Å². The van der Waals surface area contributed by atoms with Crippen molar-refractivity contribution in [3.8, 4) is 5.75 Å². The van der Waals surface area contributed by atoms with Gasteiger partial charge in [-0.1, -0.05) is 12.1 Å². The van der Waals surface area contributed by atoms with E-state index in [1.54, 1.807) is 30.3 Å². The van der Waals surface area contributed by atoms with E-state index in [1.807, 2.05) is 12.1 Å². The lowest BCUT2D eigenvalue weighted by Gasteiger charge is -2.36. The molecule has 0 amide bonds. The normalized spacial score (nSPS) is 15.8. The van der Waals surface area contributed by atoms with Crippen molar-refractivity contribution in [2.75, 3.05) is 58.3 Å². The number of para-hydroxylation sites is 1. The van der Waals surface area contributed by atoms with E-state index in [2.05, 4.69) is 9.80 Å². The summed E-state index contributed by atoms with van der Waals surface area (Å²) in [6.07, 6.45) is 0. The number of sulfonamides is 1. The molecule has 0 saturated carbocycles. The van der Waals surface area contributed by atoms with Gasteiger partial charge in [0.25, 0.3) is 0 Å². The van der Waals surface area contributed by atoms with Crippen LogP contribution >= 0.6 is 0 Å². The molecule has 1 fully saturated rings. The molecule has 2 aromatic rings. The molecule has 0 unspecified atom stereocenters. The summed E-state index contributed by atoms with van der Waals surface area (Å²) in [5.41, 5.74) is 0.658. The fraction of sp³-hybridized carbons (Fsp3) is 0.400. The molecule has 1 aliphatic heterocycles. The van der Waals surface area contributed by atoms with Gasteiger partial charge in [0.15, 0.2) is 0 Å². The molecule has 0 aromatic heterocycles. The lowest BCUT2D eigenvalue weighted by atomic mass is 10.2. The first-order chi connectivity index (χ1) is 13.4. The van der Waals surface area contributed by atoms with Crippen LogP contribution in [0.2, 0.25) is 0 Å². The Morgan fingerprint density at radius 2 is 1.64 bits per heavy atom. The second-order valence-electron chi connectivity index (χ2n) is 6.89. The van der Waals surface area contributed by atoms with Crippen LogP contribution in [-0.4, -0.2) is 71.0 Å². The highest BCUT2D eigenvalue weighted by Gasteiger charge is 2.19. The van der Waals surface area contributed by atoms with Gasteiger partial charge in [0, 0.05) is 46.8 Å². The molecule has 0 N–H and O–H groups in total. The van der Waals surface area contributed by atoms with Gasteiger partial charge in [-0.15, -0.1) is 0 Å². The highest BCUT2D eigenvalue weighted by atomic mass is 32.2. The molecular formula is C20H26FN3O3S. The average molecular weight is 408 g/mol. The molecule has 1 saturated heterocycles. The Bertz CT molecular complexity index is 880. The van der Waals surface area contributed by atoms with Gasteiger partial charge in [-0.3, -0.25) is 4.90 Å². The molecule has 0 atom stereocenters. The number of piperazine rings is 1. The third-order valence-corrected chi connectivity index (χ3v) is 6.67. The zero-order valence-electron chi connectivity index (χ0n) is 16.2. The topological polar surface area (TPSA) is 53.1 Å². The first-order valence-electron chi connectivity index (χ1n) is 9.25. The number of benzene rings is 2. The largest absolute Gasteiger partial charge is 0.492 e. The lowest BCUT2D eigenvalue weighted by Crippen LogP contribution is -2.47. The summed E-state index contributed by atoms with van der Waals surface area (Å²) in [6, 6.07) is 13.3. The van der Waals surface area contributed by atoms with Crippen LogP contribution in [-0.2, 0) is 10.0 Å². The Morgan fingerprint density at radius 1 is 1.00 bits per heavy atom. The number of halogens is 1. The predicted molar refractivity (Wildman–Crippen MR) is 108 cm³/mol. The summed E-state index contributed by atoms with van der Waals surface area (Å²) < 4.78 is 45.0. The van der Waals surface area contributed by atoms with Gasteiger partial charge >= 0.3 is 0 Å². The fourth-order valence-corrected chi connectivity index (χ4v) is 4.03. The summed E-state index contributed by atoms with van der Waals surface area (Å²) in [5.74, 6) is 0.460. The molecule has 8 heteroatoms. The first-order valence-corrected chi connectivity index (χ1v) is 10.7. The van der Waals surface area contributed by atoms with Crippen LogP contribution in [0.4, 0.5) is 10.1 Å². The minimum atomic E-state index is -3.42. The zero-order valence-corrected chi connectivity index (χ0v) is 17.0. The highest BCUT2D eigenvalue weighted by Crippen LogP contribution is 2.20. The quantitative estimate of drug-likeness (QED) is 0.705. The van der Waals surface area contributed by atoms with Crippen LogP contribution in [0.25, 0.3) is 0 Å². The molecule has 3 rings (SSSR count). The number of rotatable bonds is 7. The maximum Gasteiger partial charge on any atom is 0.242 e. The summed E-state index contributed by atoms with van der Waals surface area (Å²) >= 11 is 0. The van der Waals surface area contributed by atoms with Crippen molar-refractivity contribution in [2.45, 2.75) is 4.90 Å². The van der Waals surface area contributed by atoms with Crippen LogP contribution in [0, 0.1) is 5.82 Å². The molecule has 0 radical (unpaired) electrons. The monoisotopic (exact) mass is 407 g/mol. The number of hydrogen-bond donors (Lipinski definition) is 0. The third-order valence-electron chi connectivity index (χ3n) is 4.84. The van der Waals surface area contributed by atoms with Crippen molar-refractivity contribution in [3.63, 3.8) is 0 Å².